The number of hydrogen-bond acceptors (Lipinski definition) is 3. The van der Waals surface area contributed by atoms with Crippen LogP contribution >= 0.6 is 0 Å². The Bertz CT molecular complexity index is 484. The zero-order chi connectivity index (χ0) is 16.8. The van der Waals surface area contributed by atoms with Crippen LogP contribution in [0.25, 0.3) is 0 Å². The van der Waals surface area contributed by atoms with Crippen molar-refractivity contribution in [1.29, 1.82) is 0 Å². The number of hydrogen-bond donors (Lipinski definition) is 2. The van der Waals surface area contributed by atoms with Gasteiger partial charge in [-0.2, -0.15) is 0 Å². The van der Waals surface area contributed by atoms with Crippen LogP contribution in [-0.2, 0) is 4.74 Å². The van der Waals surface area contributed by atoms with Crippen LogP contribution in [0.15, 0.2) is 24.3 Å². The fourth-order valence-electron chi connectivity index (χ4n) is 1.92. The van der Waals surface area contributed by atoms with Crippen LogP contribution in [0.5, 0.6) is 0 Å². The summed E-state index contributed by atoms with van der Waals surface area (Å²) in [7, 11) is 0. The molecule has 0 fully saturated rings. The van der Waals surface area contributed by atoms with Gasteiger partial charge in [-0.1, -0.05) is 26.0 Å². The Balaban J connectivity index is 2.49. The van der Waals surface area contributed by atoms with Gasteiger partial charge in [0.05, 0.1) is 5.69 Å². The summed E-state index contributed by atoms with van der Waals surface area (Å²) in [5.41, 5.74) is -0.0338. The minimum absolute atomic E-state index is 0.173. The molecule has 1 amide bonds. The molecule has 22 heavy (non-hydrogen) atoms. The number of carbonyl (C=O) groups excluding carboxylic acids is 1. The van der Waals surface area contributed by atoms with Crippen LogP contribution < -0.4 is 10.6 Å². The van der Waals surface area contributed by atoms with Crippen molar-refractivity contribution in [2.75, 3.05) is 18.4 Å². The molecule has 0 aliphatic heterocycles. The van der Waals surface area contributed by atoms with E-state index in [9.17, 15) is 9.18 Å². The third-order valence-electron chi connectivity index (χ3n) is 3.28. The highest BCUT2D eigenvalue weighted by molar-refractivity contribution is 5.67. The van der Waals surface area contributed by atoms with Gasteiger partial charge >= 0.3 is 6.09 Å². The number of alkyl carbamates (subject to hydrolysis) is 1. The lowest BCUT2D eigenvalue weighted by Gasteiger charge is -2.24. The van der Waals surface area contributed by atoms with Gasteiger partial charge < -0.3 is 15.4 Å². The van der Waals surface area contributed by atoms with Crippen molar-refractivity contribution >= 4 is 11.8 Å². The van der Waals surface area contributed by atoms with Gasteiger partial charge in [0, 0.05) is 13.1 Å². The van der Waals surface area contributed by atoms with Gasteiger partial charge in [-0.05, 0) is 44.7 Å². The Labute approximate surface area is 132 Å². The number of ether oxygens (including phenoxy) is 1. The third kappa shape index (κ3) is 6.78. The molecular formula is C17H27FN2O2. The van der Waals surface area contributed by atoms with Crippen LogP contribution in [0.2, 0.25) is 0 Å². The van der Waals surface area contributed by atoms with E-state index in [1.807, 2.05) is 20.8 Å². The summed E-state index contributed by atoms with van der Waals surface area (Å²) in [6.07, 6.45) is -0.427. The third-order valence-corrected chi connectivity index (χ3v) is 3.28. The van der Waals surface area contributed by atoms with Crippen LogP contribution in [0.1, 0.15) is 34.6 Å². The monoisotopic (exact) mass is 310 g/mol. The first kappa shape index (κ1) is 18.3. The van der Waals surface area contributed by atoms with Crippen LogP contribution in [-0.4, -0.2) is 24.8 Å². The average molecular weight is 310 g/mol. The number of halogens is 1. The molecule has 5 heteroatoms. The summed E-state index contributed by atoms with van der Waals surface area (Å²) in [6.45, 7) is 10.7. The summed E-state index contributed by atoms with van der Waals surface area (Å²) < 4.78 is 18.8. The van der Waals surface area contributed by atoms with Gasteiger partial charge in [0.15, 0.2) is 0 Å². The van der Waals surface area contributed by atoms with E-state index in [0.29, 0.717) is 24.7 Å². The number of para-hydroxylation sites is 1. The van der Waals surface area contributed by atoms with E-state index < -0.39 is 11.7 Å². The maximum absolute atomic E-state index is 13.6. The highest BCUT2D eigenvalue weighted by atomic mass is 19.1. The Morgan fingerprint density at radius 2 is 1.86 bits per heavy atom. The quantitative estimate of drug-likeness (QED) is 0.834. The van der Waals surface area contributed by atoms with Crippen molar-refractivity contribution in [3.05, 3.63) is 30.1 Å². The number of nitrogens with one attached hydrogen (secondary N) is 2. The van der Waals surface area contributed by atoms with Gasteiger partial charge in [0.25, 0.3) is 0 Å². The molecule has 0 radical (unpaired) electrons. The summed E-state index contributed by atoms with van der Waals surface area (Å²) in [5, 5.41) is 5.88. The maximum atomic E-state index is 13.6. The second kappa shape index (κ2) is 8.01. The molecule has 0 aromatic heterocycles. The topological polar surface area (TPSA) is 50.4 Å². The molecule has 0 spiro atoms. The number of rotatable bonds is 6. The van der Waals surface area contributed by atoms with Crippen LogP contribution in [0, 0.1) is 17.7 Å². The number of anilines is 1. The average Bonchev–Trinajstić information content (AvgIpc) is 2.38. The SMILES string of the molecule is CC(C)C(CNC(=O)OC(C)(C)C)CNc1ccccc1F. The molecule has 1 aromatic carbocycles. The van der Waals surface area contributed by atoms with Crippen molar-refractivity contribution in [2.24, 2.45) is 11.8 Å². The Morgan fingerprint density at radius 1 is 1.23 bits per heavy atom. The van der Waals surface area contributed by atoms with E-state index in [-0.39, 0.29) is 11.7 Å². The van der Waals surface area contributed by atoms with Gasteiger partial charge in [0.1, 0.15) is 11.4 Å². The molecule has 0 saturated carbocycles. The number of carbonyl (C=O) groups is 1. The standard InChI is InChI=1S/C17H27FN2O2/c1-12(2)13(11-20-16(21)22-17(3,4)5)10-19-15-9-7-6-8-14(15)18/h6-9,12-13,19H,10-11H2,1-5H3,(H,20,21). The fourth-order valence-corrected chi connectivity index (χ4v) is 1.92. The van der Waals surface area contributed by atoms with Gasteiger partial charge in [-0.25, -0.2) is 9.18 Å². The molecule has 1 aromatic rings. The predicted molar refractivity (Wildman–Crippen MR) is 87.5 cm³/mol. The van der Waals surface area contributed by atoms with E-state index >= 15 is 0 Å². The van der Waals surface area contributed by atoms with E-state index in [1.165, 1.54) is 6.07 Å². The molecule has 124 valence electrons. The summed E-state index contributed by atoms with van der Waals surface area (Å²) in [6, 6.07) is 6.57. The second-order valence-corrected chi connectivity index (χ2v) is 6.75. The van der Waals surface area contributed by atoms with Crippen molar-refractivity contribution in [2.45, 2.75) is 40.2 Å². The van der Waals surface area contributed by atoms with Crippen LogP contribution in [0.3, 0.4) is 0 Å². The summed E-state index contributed by atoms with van der Waals surface area (Å²) >= 11 is 0. The number of benzene rings is 1. The Kier molecular flexibility index (Phi) is 6.65. The predicted octanol–water partition coefficient (Wildman–Crippen LogP) is 4.03. The van der Waals surface area contributed by atoms with Gasteiger partial charge in [-0.15, -0.1) is 0 Å². The molecule has 1 unspecified atom stereocenters. The Hall–Kier alpha value is -1.78. The minimum atomic E-state index is -0.511. The second-order valence-electron chi connectivity index (χ2n) is 6.75. The highest BCUT2D eigenvalue weighted by Gasteiger charge is 2.19. The molecule has 4 nitrogen and oxygen atoms in total. The highest BCUT2D eigenvalue weighted by Crippen LogP contribution is 2.16. The Morgan fingerprint density at radius 3 is 2.41 bits per heavy atom. The molecule has 0 bridgehead atoms. The van der Waals surface area contributed by atoms with Crippen molar-refractivity contribution in [1.82, 2.24) is 5.32 Å². The molecule has 1 atom stereocenters. The van der Waals surface area contributed by atoms with Crippen molar-refractivity contribution in [3.8, 4) is 0 Å². The lowest BCUT2D eigenvalue weighted by atomic mass is 9.95. The summed E-state index contributed by atoms with van der Waals surface area (Å²) in [5.74, 6) is 0.242. The summed E-state index contributed by atoms with van der Waals surface area (Å²) in [4.78, 5) is 11.7. The normalized spacial score (nSPS) is 12.9. The molecule has 0 aliphatic carbocycles. The smallest absolute Gasteiger partial charge is 0.407 e. The first-order chi connectivity index (χ1) is 10.2. The van der Waals surface area contributed by atoms with E-state index in [0.717, 1.165) is 0 Å². The van der Waals surface area contributed by atoms with Gasteiger partial charge in [0.2, 0.25) is 0 Å². The molecular weight excluding hydrogens is 283 g/mol. The maximum Gasteiger partial charge on any atom is 0.407 e. The van der Waals surface area contributed by atoms with Crippen molar-refractivity contribution < 1.29 is 13.9 Å². The van der Waals surface area contributed by atoms with E-state index in [1.54, 1.807) is 18.2 Å². The molecule has 0 aliphatic rings. The van der Waals surface area contributed by atoms with Crippen LogP contribution in [0.4, 0.5) is 14.9 Å². The minimum Gasteiger partial charge on any atom is -0.444 e. The van der Waals surface area contributed by atoms with E-state index in [2.05, 4.69) is 24.5 Å². The zero-order valence-corrected chi connectivity index (χ0v) is 14.1. The molecule has 1 rings (SSSR count). The zero-order valence-electron chi connectivity index (χ0n) is 14.1. The lowest BCUT2D eigenvalue weighted by molar-refractivity contribution is 0.0516. The molecule has 0 saturated heterocycles. The first-order valence-electron chi connectivity index (χ1n) is 7.64. The molecule has 0 heterocycles. The largest absolute Gasteiger partial charge is 0.444 e. The molecule has 2 N–H and O–H groups in total. The number of amides is 1. The van der Waals surface area contributed by atoms with Gasteiger partial charge in [-0.3, -0.25) is 0 Å². The fraction of sp³-hybridized carbons (Fsp3) is 0.588. The van der Waals surface area contributed by atoms with E-state index in [4.69, 9.17) is 4.74 Å². The first-order valence-corrected chi connectivity index (χ1v) is 7.64. The lowest BCUT2D eigenvalue weighted by Crippen LogP contribution is -2.38. The van der Waals surface area contributed by atoms with Crippen molar-refractivity contribution in [3.63, 3.8) is 0 Å².